The Balaban J connectivity index is 1.79. The van der Waals surface area contributed by atoms with Crippen LogP contribution >= 0.6 is 0 Å². The number of carbonyl (C=O) groups excluding carboxylic acids is 1. The third-order valence-corrected chi connectivity index (χ3v) is 5.10. The first-order chi connectivity index (χ1) is 13.9. The summed E-state index contributed by atoms with van der Waals surface area (Å²) < 4.78 is 11.5. The van der Waals surface area contributed by atoms with Crippen LogP contribution < -0.4 is 4.74 Å². The van der Waals surface area contributed by atoms with Crippen LogP contribution in [0.1, 0.15) is 57.8 Å². The maximum absolute atomic E-state index is 12.4. The van der Waals surface area contributed by atoms with Gasteiger partial charge in [0.25, 0.3) is 0 Å². The fourth-order valence-electron chi connectivity index (χ4n) is 3.37. The quantitative estimate of drug-likeness (QED) is 0.415. The topological polar surface area (TPSA) is 42.0 Å². The summed E-state index contributed by atoms with van der Waals surface area (Å²) in [4.78, 5) is 12.4. The van der Waals surface area contributed by atoms with Crippen molar-refractivity contribution in [3.05, 3.63) is 53.1 Å². The van der Waals surface area contributed by atoms with Crippen LogP contribution in [0.5, 0.6) is 5.75 Å². The lowest BCUT2D eigenvalue weighted by molar-refractivity contribution is 0.0345. The van der Waals surface area contributed by atoms with Gasteiger partial charge in [0.05, 0.1) is 18.7 Å². The molecule has 1 aromatic rings. The Morgan fingerprint density at radius 2 is 1.66 bits per heavy atom. The van der Waals surface area contributed by atoms with Crippen LogP contribution in [-0.4, -0.2) is 54.9 Å². The maximum Gasteiger partial charge on any atom is 0.338 e. The molecule has 1 heterocycles. The first-order valence-electron chi connectivity index (χ1n) is 10.7. The molecule has 0 bridgehead atoms. The van der Waals surface area contributed by atoms with Gasteiger partial charge in [-0.15, -0.1) is 0 Å². The van der Waals surface area contributed by atoms with Crippen LogP contribution in [0.25, 0.3) is 0 Å². The lowest BCUT2D eigenvalue weighted by atomic mass is 10.1. The van der Waals surface area contributed by atoms with Gasteiger partial charge >= 0.3 is 5.97 Å². The van der Waals surface area contributed by atoms with Crippen LogP contribution in [0.4, 0.5) is 0 Å². The van der Waals surface area contributed by atoms with Crippen LogP contribution in [0.3, 0.4) is 0 Å². The van der Waals surface area contributed by atoms with Crippen LogP contribution in [0, 0.1) is 0 Å². The second-order valence-corrected chi connectivity index (χ2v) is 7.74. The fourth-order valence-corrected chi connectivity index (χ4v) is 3.37. The summed E-state index contributed by atoms with van der Waals surface area (Å²) in [5.74, 6) is 0.482. The Bertz CT molecular complexity index is 693. The van der Waals surface area contributed by atoms with Gasteiger partial charge in [-0.05, 0) is 64.0 Å². The van der Waals surface area contributed by atoms with Crippen molar-refractivity contribution in [1.29, 1.82) is 0 Å². The molecule has 0 atom stereocenters. The predicted molar refractivity (Wildman–Crippen MR) is 118 cm³/mol. The molecule has 29 heavy (non-hydrogen) atoms. The number of esters is 1. The zero-order valence-electron chi connectivity index (χ0n) is 18.6. The predicted octanol–water partition coefficient (Wildman–Crippen LogP) is 4.86. The Hall–Kier alpha value is -2.11. The van der Waals surface area contributed by atoms with Gasteiger partial charge in [-0.25, -0.2) is 14.8 Å². The number of allylic oxidation sites excluding steroid dienone is 3. The monoisotopic (exact) mass is 400 g/mol. The standard InChI is InChI=1S/C24H36N2O3/c1-6-25-17-23(18-26(25)7-2)29-24(27)21-11-13-22(14-12-21)28-16-15-20(5)10-8-9-19(3)4/h9,11-15,23H,6-8,10,16-18H2,1-5H3/b20-15+. The highest BCUT2D eigenvalue weighted by Crippen LogP contribution is 2.17. The summed E-state index contributed by atoms with van der Waals surface area (Å²) in [6, 6.07) is 7.20. The summed E-state index contributed by atoms with van der Waals surface area (Å²) in [5.41, 5.74) is 3.23. The van der Waals surface area contributed by atoms with Crippen molar-refractivity contribution in [2.75, 3.05) is 32.8 Å². The lowest BCUT2D eigenvalue weighted by Gasteiger charge is -2.23. The van der Waals surface area contributed by atoms with E-state index in [0.29, 0.717) is 12.2 Å². The van der Waals surface area contributed by atoms with E-state index in [-0.39, 0.29) is 12.1 Å². The van der Waals surface area contributed by atoms with Crippen molar-refractivity contribution >= 4 is 5.97 Å². The molecule has 0 amide bonds. The summed E-state index contributed by atoms with van der Waals surface area (Å²) in [5, 5.41) is 4.45. The molecule has 0 spiro atoms. The van der Waals surface area contributed by atoms with Crippen LogP contribution in [0.2, 0.25) is 0 Å². The van der Waals surface area contributed by atoms with Gasteiger partial charge in [-0.2, -0.15) is 0 Å². The van der Waals surface area contributed by atoms with E-state index in [2.05, 4.69) is 56.8 Å². The molecule has 160 valence electrons. The Kier molecular flexibility index (Phi) is 9.42. The molecule has 2 rings (SSSR count). The van der Waals surface area contributed by atoms with Crippen molar-refractivity contribution < 1.29 is 14.3 Å². The molecule has 0 unspecified atom stereocenters. The van der Waals surface area contributed by atoms with E-state index < -0.39 is 0 Å². The number of ether oxygens (including phenoxy) is 2. The second-order valence-electron chi connectivity index (χ2n) is 7.74. The Morgan fingerprint density at radius 3 is 2.21 bits per heavy atom. The molecular weight excluding hydrogens is 364 g/mol. The van der Waals surface area contributed by atoms with Gasteiger partial charge < -0.3 is 9.47 Å². The number of rotatable bonds is 10. The van der Waals surface area contributed by atoms with Crippen LogP contribution in [-0.2, 0) is 4.74 Å². The van der Waals surface area contributed by atoms with Gasteiger partial charge in [-0.3, -0.25) is 0 Å². The average Bonchev–Trinajstić information content (AvgIpc) is 3.10. The minimum atomic E-state index is -0.273. The van der Waals surface area contributed by atoms with E-state index in [1.807, 2.05) is 12.1 Å². The summed E-state index contributed by atoms with van der Waals surface area (Å²) in [6.45, 7) is 14.5. The van der Waals surface area contributed by atoms with E-state index in [4.69, 9.17) is 9.47 Å². The number of hydrogen-bond donors (Lipinski definition) is 0. The minimum absolute atomic E-state index is 0.0854. The molecule has 0 saturated carbocycles. The van der Waals surface area contributed by atoms with Crippen molar-refractivity contribution in [1.82, 2.24) is 10.0 Å². The molecule has 0 radical (unpaired) electrons. The van der Waals surface area contributed by atoms with Crippen molar-refractivity contribution in [2.24, 2.45) is 0 Å². The van der Waals surface area contributed by atoms with Gasteiger partial charge in [0.1, 0.15) is 18.5 Å². The third kappa shape index (κ3) is 7.67. The zero-order chi connectivity index (χ0) is 21.2. The minimum Gasteiger partial charge on any atom is -0.490 e. The van der Waals surface area contributed by atoms with Crippen molar-refractivity contribution in [3.8, 4) is 5.75 Å². The molecule has 5 heteroatoms. The van der Waals surface area contributed by atoms with Gasteiger partial charge in [0.15, 0.2) is 0 Å². The molecule has 1 aromatic carbocycles. The molecule has 0 aliphatic carbocycles. The summed E-state index contributed by atoms with van der Waals surface area (Å²) in [7, 11) is 0. The highest BCUT2D eigenvalue weighted by atomic mass is 16.5. The molecule has 1 fully saturated rings. The molecule has 1 aliphatic heterocycles. The van der Waals surface area contributed by atoms with E-state index in [1.54, 1.807) is 12.1 Å². The number of likely N-dealkylation sites (N-methyl/N-ethyl adjacent to an activating group) is 2. The van der Waals surface area contributed by atoms with E-state index in [9.17, 15) is 4.79 Å². The molecule has 0 aromatic heterocycles. The highest BCUT2D eigenvalue weighted by Gasteiger charge is 2.30. The molecule has 5 nitrogen and oxygen atoms in total. The van der Waals surface area contributed by atoms with E-state index in [1.165, 1.54) is 11.1 Å². The SMILES string of the molecule is CCN1CC(OC(=O)c2ccc(OC/C=C(\C)CCC=C(C)C)cc2)CN1CC. The van der Waals surface area contributed by atoms with E-state index >= 15 is 0 Å². The summed E-state index contributed by atoms with van der Waals surface area (Å²) >= 11 is 0. The lowest BCUT2D eigenvalue weighted by Crippen LogP contribution is -2.35. The van der Waals surface area contributed by atoms with E-state index in [0.717, 1.165) is 44.8 Å². The first kappa shape index (κ1) is 23.2. The zero-order valence-corrected chi connectivity index (χ0v) is 18.6. The number of hydrazine groups is 1. The third-order valence-electron chi connectivity index (χ3n) is 5.10. The normalized spacial score (nSPS) is 16.1. The largest absolute Gasteiger partial charge is 0.490 e. The Morgan fingerprint density at radius 1 is 1.03 bits per heavy atom. The molecule has 0 N–H and O–H groups in total. The molecule has 1 saturated heterocycles. The Labute approximate surface area is 175 Å². The maximum atomic E-state index is 12.4. The molecule has 1 aliphatic rings. The average molecular weight is 401 g/mol. The van der Waals surface area contributed by atoms with Crippen molar-refractivity contribution in [3.63, 3.8) is 0 Å². The highest BCUT2D eigenvalue weighted by molar-refractivity contribution is 5.89. The van der Waals surface area contributed by atoms with Crippen molar-refractivity contribution in [2.45, 2.75) is 53.6 Å². The van der Waals surface area contributed by atoms with Gasteiger partial charge in [0.2, 0.25) is 0 Å². The number of benzene rings is 1. The number of hydrogen-bond acceptors (Lipinski definition) is 5. The number of carbonyl (C=O) groups is 1. The molecular formula is C24H36N2O3. The number of nitrogens with zero attached hydrogens (tertiary/aromatic N) is 2. The summed E-state index contributed by atoms with van der Waals surface area (Å²) in [6.07, 6.45) is 6.39. The van der Waals surface area contributed by atoms with Crippen LogP contribution in [0.15, 0.2) is 47.6 Å². The fraction of sp³-hybridized carbons (Fsp3) is 0.542. The smallest absolute Gasteiger partial charge is 0.338 e. The van der Waals surface area contributed by atoms with Gasteiger partial charge in [-0.1, -0.05) is 31.1 Å². The second kappa shape index (κ2) is 11.8. The van der Waals surface area contributed by atoms with Gasteiger partial charge in [0, 0.05) is 13.1 Å². The first-order valence-corrected chi connectivity index (χ1v) is 10.7.